The van der Waals surface area contributed by atoms with Crippen LogP contribution in [0.5, 0.6) is 0 Å². The maximum Gasteiger partial charge on any atom is 0.251 e. The van der Waals surface area contributed by atoms with Crippen LogP contribution in [0.2, 0.25) is 0 Å². The topological polar surface area (TPSA) is 78.4 Å². The van der Waals surface area contributed by atoms with Crippen molar-refractivity contribution in [3.8, 4) is 0 Å². The highest BCUT2D eigenvalue weighted by molar-refractivity contribution is 5.98. The molecule has 25 heavy (non-hydrogen) atoms. The summed E-state index contributed by atoms with van der Waals surface area (Å²) in [5.41, 5.74) is 2.98. The van der Waals surface area contributed by atoms with Crippen LogP contribution in [-0.2, 0) is 6.42 Å². The van der Waals surface area contributed by atoms with Crippen LogP contribution in [0, 0.1) is 0 Å². The number of rotatable bonds is 4. The van der Waals surface area contributed by atoms with Crippen LogP contribution < -0.4 is 10.6 Å². The Labute approximate surface area is 147 Å². The van der Waals surface area contributed by atoms with Gasteiger partial charge >= 0.3 is 0 Å². The molecular formula is C20H22N2O3. The Morgan fingerprint density at radius 2 is 1.60 bits per heavy atom. The Morgan fingerprint density at radius 1 is 1.00 bits per heavy atom. The van der Waals surface area contributed by atoms with Gasteiger partial charge in [-0.3, -0.25) is 9.59 Å². The smallest absolute Gasteiger partial charge is 0.251 e. The molecule has 0 saturated heterocycles. The van der Waals surface area contributed by atoms with E-state index in [-0.39, 0.29) is 17.9 Å². The zero-order chi connectivity index (χ0) is 18.0. The fourth-order valence-corrected chi connectivity index (χ4v) is 3.09. The zero-order valence-electron chi connectivity index (χ0n) is 14.3. The molecule has 5 heteroatoms. The van der Waals surface area contributed by atoms with Crippen LogP contribution in [-0.4, -0.2) is 29.1 Å². The second-order valence-electron chi connectivity index (χ2n) is 6.63. The first-order valence-corrected chi connectivity index (χ1v) is 8.43. The molecule has 0 bridgehead atoms. The van der Waals surface area contributed by atoms with Gasteiger partial charge in [0.05, 0.1) is 12.1 Å². The molecule has 1 aliphatic carbocycles. The van der Waals surface area contributed by atoms with E-state index in [9.17, 15) is 14.7 Å². The summed E-state index contributed by atoms with van der Waals surface area (Å²) in [6.45, 7) is 3.79. The van der Waals surface area contributed by atoms with E-state index in [1.54, 1.807) is 24.3 Å². The molecule has 2 atom stereocenters. The minimum Gasteiger partial charge on any atom is -0.390 e. The highest BCUT2D eigenvalue weighted by atomic mass is 16.3. The molecule has 0 aromatic heterocycles. The van der Waals surface area contributed by atoms with Gasteiger partial charge < -0.3 is 15.7 Å². The molecule has 2 aromatic carbocycles. The van der Waals surface area contributed by atoms with Crippen molar-refractivity contribution in [3.63, 3.8) is 0 Å². The Balaban J connectivity index is 1.71. The molecule has 0 unspecified atom stereocenters. The average Bonchev–Trinajstić information content (AvgIpc) is 2.90. The number of aliphatic hydroxyl groups is 1. The molecular weight excluding hydrogens is 316 g/mol. The van der Waals surface area contributed by atoms with Gasteiger partial charge in [0, 0.05) is 23.6 Å². The minimum atomic E-state index is -0.627. The Morgan fingerprint density at radius 3 is 2.24 bits per heavy atom. The van der Waals surface area contributed by atoms with Gasteiger partial charge in [-0.2, -0.15) is 0 Å². The number of hydrogen-bond donors (Lipinski definition) is 3. The van der Waals surface area contributed by atoms with Crippen molar-refractivity contribution in [1.29, 1.82) is 0 Å². The molecule has 3 rings (SSSR count). The van der Waals surface area contributed by atoms with E-state index >= 15 is 0 Å². The highest BCUT2D eigenvalue weighted by Crippen LogP contribution is 2.31. The third-order valence-electron chi connectivity index (χ3n) is 4.32. The quantitative estimate of drug-likeness (QED) is 0.800. The van der Waals surface area contributed by atoms with Gasteiger partial charge in [0.2, 0.25) is 0 Å². The van der Waals surface area contributed by atoms with E-state index in [1.165, 1.54) is 0 Å². The number of hydrogen-bond acceptors (Lipinski definition) is 3. The van der Waals surface area contributed by atoms with Crippen LogP contribution in [0.15, 0.2) is 48.5 Å². The van der Waals surface area contributed by atoms with E-state index in [0.717, 1.165) is 11.1 Å². The van der Waals surface area contributed by atoms with Crippen LogP contribution >= 0.6 is 0 Å². The lowest BCUT2D eigenvalue weighted by molar-refractivity contribution is 0.0857. The SMILES string of the molecule is CC(C)NC(=O)c1ccc(C(=O)N[C@H]2c3ccccc3C[C@H]2O)cc1. The summed E-state index contributed by atoms with van der Waals surface area (Å²) in [7, 11) is 0. The predicted molar refractivity (Wildman–Crippen MR) is 95.4 cm³/mol. The number of carbonyl (C=O) groups excluding carboxylic acids is 2. The molecule has 0 saturated carbocycles. The first-order chi connectivity index (χ1) is 12.0. The molecule has 0 fully saturated rings. The molecule has 2 amide bonds. The van der Waals surface area contributed by atoms with Crippen molar-refractivity contribution in [3.05, 3.63) is 70.8 Å². The van der Waals surface area contributed by atoms with E-state index in [1.807, 2.05) is 38.1 Å². The van der Waals surface area contributed by atoms with E-state index < -0.39 is 12.1 Å². The number of fused-ring (bicyclic) bond motifs is 1. The third-order valence-corrected chi connectivity index (χ3v) is 4.32. The summed E-state index contributed by atoms with van der Waals surface area (Å²) in [6, 6.07) is 13.9. The van der Waals surface area contributed by atoms with Gasteiger partial charge in [-0.1, -0.05) is 24.3 Å². The van der Waals surface area contributed by atoms with Crippen LogP contribution in [0.3, 0.4) is 0 Å². The molecule has 1 aliphatic rings. The monoisotopic (exact) mass is 338 g/mol. The summed E-state index contributed by atoms with van der Waals surface area (Å²) in [5.74, 6) is -0.432. The first-order valence-electron chi connectivity index (χ1n) is 8.43. The van der Waals surface area contributed by atoms with Crippen LogP contribution in [0.1, 0.15) is 51.7 Å². The van der Waals surface area contributed by atoms with E-state index in [2.05, 4.69) is 10.6 Å². The first kappa shape index (κ1) is 17.2. The van der Waals surface area contributed by atoms with E-state index in [0.29, 0.717) is 17.5 Å². The fraction of sp³-hybridized carbons (Fsp3) is 0.300. The minimum absolute atomic E-state index is 0.0550. The Bertz CT molecular complexity index is 784. The lowest BCUT2D eigenvalue weighted by Crippen LogP contribution is -2.34. The number of aliphatic hydroxyl groups excluding tert-OH is 1. The predicted octanol–water partition coefficient (Wildman–Crippen LogP) is 2.21. The molecule has 130 valence electrons. The van der Waals surface area contributed by atoms with E-state index in [4.69, 9.17) is 0 Å². The molecule has 0 radical (unpaired) electrons. The van der Waals surface area contributed by atoms with Crippen molar-refractivity contribution >= 4 is 11.8 Å². The van der Waals surface area contributed by atoms with Crippen molar-refractivity contribution in [2.45, 2.75) is 38.5 Å². The van der Waals surface area contributed by atoms with Gasteiger partial charge in [-0.05, 0) is 49.2 Å². The molecule has 2 aromatic rings. The second-order valence-corrected chi connectivity index (χ2v) is 6.63. The maximum absolute atomic E-state index is 12.5. The van der Waals surface area contributed by atoms with Gasteiger partial charge in [0.25, 0.3) is 11.8 Å². The highest BCUT2D eigenvalue weighted by Gasteiger charge is 2.32. The average molecular weight is 338 g/mol. The lowest BCUT2D eigenvalue weighted by atomic mass is 10.1. The van der Waals surface area contributed by atoms with Gasteiger partial charge in [0.15, 0.2) is 0 Å². The van der Waals surface area contributed by atoms with Crippen molar-refractivity contribution in [2.75, 3.05) is 0 Å². The molecule has 0 spiro atoms. The Kier molecular flexibility index (Phi) is 4.86. The summed E-state index contributed by atoms with van der Waals surface area (Å²) in [6.07, 6.45) is -0.0902. The zero-order valence-corrected chi connectivity index (χ0v) is 14.3. The van der Waals surface area contributed by atoms with Crippen LogP contribution in [0.4, 0.5) is 0 Å². The number of benzene rings is 2. The third kappa shape index (κ3) is 3.72. The lowest BCUT2D eigenvalue weighted by Gasteiger charge is -2.18. The molecule has 5 nitrogen and oxygen atoms in total. The number of carbonyl (C=O) groups is 2. The van der Waals surface area contributed by atoms with Gasteiger partial charge in [0.1, 0.15) is 0 Å². The fourth-order valence-electron chi connectivity index (χ4n) is 3.09. The van der Waals surface area contributed by atoms with Crippen molar-refractivity contribution in [1.82, 2.24) is 10.6 Å². The van der Waals surface area contributed by atoms with Crippen molar-refractivity contribution < 1.29 is 14.7 Å². The standard InChI is InChI=1S/C20H22N2O3/c1-12(2)21-19(24)13-7-9-14(10-8-13)20(25)22-18-16-6-4-3-5-15(16)11-17(18)23/h3-10,12,17-18,23H,11H2,1-2H3,(H,21,24)(H,22,25)/t17-,18+/m1/s1. The van der Waals surface area contributed by atoms with Crippen LogP contribution in [0.25, 0.3) is 0 Å². The number of nitrogens with one attached hydrogen (secondary N) is 2. The summed E-state index contributed by atoms with van der Waals surface area (Å²) >= 11 is 0. The molecule has 0 aliphatic heterocycles. The van der Waals surface area contributed by atoms with Crippen molar-refractivity contribution in [2.24, 2.45) is 0 Å². The van der Waals surface area contributed by atoms with Gasteiger partial charge in [-0.25, -0.2) is 0 Å². The molecule has 0 heterocycles. The van der Waals surface area contributed by atoms with Gasteiger partial charge in [-0.15, -0.1) is 0 Å². The summed E-state index contributed by atoms with van der Waals surface area (Å²) in [5, 5.41) is 15.9. The second kappa shape index (κ2) is 7.07. The maximum atomic E-state index is 12.5. The Hall–Kier alpha value is -2.66. The summed E-state index contributed by atoms with van der Waals surface area (Å²) in [4.78, 5) is 24.4. The normalized spacial score (nSPS) is 18.7. The largest absolute Gasteiger partial charge is 0.390 e. The summed E-state index contributed by atoms with van der Waals surface area (Å²) < 4.78 is 0. The molecule has 3 N–H and O–H groups in total. The number of amides is 2.